The average Bonchev–Trinajstić information content (AvgIpc) is 2.49. The molecule has 0 amide bonds. The van der Waals surface area contributed by atoms with Crippen molar-refractivity contribution < 1.29 is 9.60 Å². The van der Waals surface area contributed by atoms with Gasteiger partial charge in [-0.1, -0.05) is 23.4 Å². The van der Waals surface area contributed by atoms with E-state index in [1.807, 2.05) is 30.1 Å². The summed E-state index contributed by atoms with van der Waals surface area (Å²) in [4.78, 5) is 6.20. The van der Waals surface area contributed by atoms with Crippen LogP contribution in [0.3, 0.4) is 0 Å². The second-order valence-electron chi connectivity index (χ2n) is 4.78. The van der Waals surface area contributed by atoms with Gasteiger partial charge in [0.05, 0.1) is 5.69 Å². The van der Waals surface area contributed by atoms with Crippen LogP contribution in [0.4, 0.5) is 4.39 Å². The average molecular weight is 288 g/mol. The molecule has 0 bridgehead atoms. The van der Waals surface area contributed by atoms with E-state index in [0.29, 0.717) is 24.2 Å². The second kappa shape index (κ2) is 6.81. The van der Waals surface area contributed by atoms with Gasteiger partial charge in [0.1, 0.15) is 5.82 Å². The molecule has 0 saturated carbocycles. The van der Waals surface area contributed by atoms with E-state index in [2.05, 4.69) is 10.1 Å². The summed E-state index contributed by atoms with van der Waals surface area (Å²) in [7, 11) is 1.89. The predicted octanol–water partition coefficient (Wildman–Crippen LogP) is 1.95. The largest absolute Gasteiger partial charge is 0.409 e. The number of halogens is 1. The third-order valence-corrected chi connectivity index (χ3v) is 3.05. The van der Waals surface area contributed by atoms with Gasteiger partial charge in [0.2, 0.25) is 0 Å². The quantitative estimate of drug-likeness (QED) is 0.382. The zero-order chi connectivity index (χ0) is 15.2. The van der Waals surface area contributed by atoms with Crippen LogP contribution in [0.2, 0.25) is 0 Å². The molecule has 0 aliphatic rings. The van der Waals surface area contributed by atoms with E-state index in [9.17, 15) is 4.39 Å². The Balaban J connectivity index is 2.06. The summed E-state index contributed by atoms with van der Waals surface area (Å²) in [5.41, 5.74) is 7.25. The second-order valence-corrected chi connectivity index (χ2v) is 4.78. The first-order chi connectivity index (χ1) is 10.1. The lowest BCUT2D eigenvalue weighted by atomic mass is 10.1. The zero-order valence-corrected chi connectivity index (χ0v) is 11.7. The Hall–Kier alpha value is -2.47. The molecular weight excluding hydrogens is 271 g/mol. The van der Waals surface area contributed by atoms with Crippen LogP contribution >= 0.6 is 0 Å². The highest BCUT2D eigenvalue weighted by Crippen LogP contribution is 2.13. The molecule has 0 aliphatic heterocycles. The minimum atomic E-state index is -0.382. The minimum Gasteiger partial charge on any atom is -0.409 e. The molecular formula is C15H17FN4O. The van der Waals surface area contributed by atoms with Crippen molar-refractivity contribution in [2.45, 2.75) is 13.1 Å². The van der Waals surface area contributed by atoms with Gasteiger partial charge in [-0.2, -0.15) is 0 Å². The van der Waals surface area contributed by atoms with E-state index >= 15 is 0 Å². The van der Waals surface area contributed by atoms with Crippen LogP contribution in [0, 0.1) is 5.82 Å². The fourth-order valence-electron chi connectivity index (χ4n) is 2.01. The Bertz CT molecular complexity index is 631. The third kappa shape index (κ3) is 4.00. The van der Waals surface area contributed by atoms with Crippen LogP contribution in [-0.4, -0.2) is 28.0 Å². The number of hydrogen-bond acceptors (Lipinski definition) is 4. The molecule has 2 rings (SSSR count). The van der Waals surface area contributed by atoms with Crippen molar-refractivity contribution in [1.29, 1.82) is 0 Å². The molecule has 0 fully saturated rings. The summed E-state index contributed by atoms with van der Waals surface area (Å²) in [6, 6.07) is 10.2. The van der Waals surface area contributed by atoms with Crippen LogP contribution in [-0.2, 0) is 13.1 Å². The predicted molar refractivity (Wildman–Crippen MR) is 78.3 cm³/mol. The number of nitrogens with two attached hydrogens (primary N) is 1. The van der Waals surface area contributed by atoms with Gasteiger partial charge in [-0.25, -0.2) is 4.39 Å². The van der Waals surface area contributed by atoms with E-state index in [1.165, 1.54) is 6.07 Å². The van der Waals surface area contributed by atoms with E-state index < -0.39 is 0 Å². The molecule has 0 aliphatic carbocycles. The van der Waals surface area contributed by atoms with Gasteiger partial charge < -0.3 is 10.9 Å². The van der Waals surface area contributed by atoms with Crippen LogP contribution in [0.25, 0.3) is 0 Å². The number of hydrogen-bond donors (Lipinski definition) is 2. The smallest absolute Gasteiger partial charge is 0.170 e. The van der Waals surface area contributed by atoms with E-state index in [0.717, 1.165) is 5.69 Å². The first-order valence-corrected chi connectivity index (χ1v) is 6.45. The van der Waals surface area contributed by atoms with Crippen LogP contribution in [0.15, 0.2) is 47.8 Å². The molecule has 6 heteroatoms. The topological polar surface area (TPSA) is 74.7 Å². The molecule has 0 radical (unpaired) electrons. The summed E-state index contributed by atoms with van der Waals surface area (Å²) in [6.07, 6.45) is 1.73. The summed E-state index contributed by atoms with van der Waals surface area (Å²) in [6.45, 7) is 1.07. The van der Waals surface area contributed by atoms with Gasteiger partial charge in [-0.15, -0.1) is 0 Å². The number of benzene rings is 1. The first-order valence-electron chi connectivity index (χ1n) is 6.45. The maximum Gasteiger partial charge on any atom is 0.170 e. The minimum absolute atomic E-state index is 0.109. The normalized spacial score (nSPS) is 11.9. The van der Waals surface area contributed by atoms with Crippen molar-refractivity contribution in [2.24, 2.45) is 10.9 Å². The van der Waals surface area contributed by atoms with Gasteiger partial charge in [-0.3, -0.25) is 9.88 Å². The molecule has 3 N–H and O–H groups in total. The monoisotopic (exact) mass is 288 g/mol. The molecule has 1 aromatic carbocycles. The molecule has 0 saturated heterocycles. The van der Waals surface area contributed by atoms with Gasteiger partial charge in [0.15, 0.2) is 5.84 Å². The fourth-order valence-corrected chi connectivity index (χ4v) is 2.01. The summed E-state index contributed by atoms with van der Waals surface area (Å²) < 4.78 is 14.0. The highest BCUT2D eigenvalue weighted by Gasteiger charge is 2.09. The Kier molecular flexibility index (Phi) is 4.84. The number of rotatable bonds is 5. The van der Waals surface area contributed by atoms with E-state index in [4.69, 9.17) is 10.9 Å². The zero-order valence-electron chi connectivity index (χ0n) is 11.7. The maximum absolute atomic E-state index is 14.0. The number of oxime groups is 1. The van der Waals surface area contributed by atoms with Gasteiger partial charge in [-0.05, 0) is 25.2 Å². The standard InChI is InChI=1S/C15H17FN4O/c1-20(10-13-4-2-3-7-18-13)9-12-6-5-11(8-14(12)16)15(17)19-21/h2-8,21H,9-10H2,1H3,(H2,17,19). The lowest BCUT2D eigenvalue weighted by Crippen LogP contribution is -2.19. The summed E-state index contributed by atoms with van der Waals surface area (Å²) in [5.74, 6) is -0.491. The molecule has 0 spiro atoms. The van der Waals surface area contributed by atoms with Crippen molar-refractivity contribution >= 4 is 5.84 Å². The summed E-state index contributed by atoms with van der Waals surface area (Å²) >= 11 is 0. The van der Waals surface area contributed by atoms with Crippen molar-refractivity contribution in [1.82, 2.24) is 9.88 Å². The third-order valence-electron chi connectivity index (χ3n) is 3.05. The van der Waals surface area contributed by atoms with Crippen molar-refractivity contribution in [3.8, 4) is 0 Å². The molecule has 21 heavy (non-hydrogen) atoms. The van der Waals surface area contributed by atoms with Crippen LogP contribution in [0.1, 0.15) is 16.8 Å². The lowest BCUT2D eigenvalue weighted by Gasteiger charge is -2.17. The highest BCUT2D eigenvalue weighted by molar-refractivity contribution is 5.97. The maximum atomic E-state index is 14.0. The van der Waals surface area contributed by atoms with Crippen molar-refractivity contribution in [3.63, 3.8) is 0 Å². The Morgan fingerprint density at radius 2 is 2.14 bits per heavy atom. The Morgan fingerprint density at radius 3 is 2.76 bits per heavy atom. The SMILES string of the molecule is CN(Cc1ccccn1)Cc1ccc(/C(N)=N/O)cc1F. The number of amidine groups is 1. The Morgan fingerprint density at radius 1 is 1.33 bits per heavy atom. The summed E-state index contributed by atoms with van der Waals surface area (Å²) in [5, 5.41) is 11.4. The van der Waals surface area contributed by atoms with Crippen molar-refractivity contribution in [3.05, 3.63) is 65.2 Å². The van der Waals surface area contributed by atoms with E-state index in [-0.39, 0.29) is 11.7 Å². The molecule has 110 valence electrons. The van der Waals surface area contributed by atoms with E-state index in [1.54, 1.807) is 18.3 Å². The molecule has 0 unspecified atom stereocenters. The Labute approximate surface area is 122 Å². The number of aromatic nitrogens is 1. The van der Waals surface area contributed by atoms with Crippen LogP contribution in [0.5, 0.6) is 0 Å². The molecule has 5 nitrogen and oxygen atoms in total. The molecule has 0 atom stereocenters. The number of pyridine rings is 1. The molecule has 2 aromatic rings. The first kappa shape index (κ1) is 14.9. The van der Waals surface area contributed by atoms with Gasteiger partial charge >= 0.3 is 0 Å². The molecule has 1 heterocycles. The van der Waals surface area contributed by atoms with Crippen molar-refractivity contribution in [2.75, 3.05) is 7.05 Å². The molecule has 1 aromatic heterocycles. The lowest BCUT2D eigenvalue weighted by molar-refractivity contribution is 0.309. The highest BCUT2D eigenvalue weighted by atomic mass is 19.1. The van der Waals surface area contributed by atoms with Gasteiger partial charge in [0, 0.05) is 30.4 Å². The number of nitrogens with zero attached hydrogens (tertiary/aromatic N) is 3. The fraction of sp³-hybridized carbons (Fsp3) is 0.200. The van der Waals surface area contributed by atoms with Gasteiger partial charge in [0.25, 0.3) is 0 Å². The van der Waals surface area contributed by atoms with Crippen LogP contribution < -0.4 is 5.73 Å².